The number of aromatic amines is 1. The summed E-state index contributed by atoms with van der Waals surface area (Å²) in [7, 11) is 0. The molecule has 0 spiro atoms. The van der Waals surface area contributed by atoms with Gasteiger partial charge in [0.15, 0.2) is 0 Å². The van der Waals surface area contributed by atoms with Crippen molar-refractivity contribution < 1.29 is 14.3 Å². The number of rotatable bonds is 5. The lowest BCUT2D eigenvalue weighted by Gasteiger charge is -2.06. The average molecular weight is 372 g/mol. The van der Waals surface area contributed by atoms with Crippen LogP contribution in [0.5, 0.6) is 0 Å². The molecule has 0 saturated heterocycles. The highest BCUT2D eigenvalue weighted by molar-refractivity contribution is 6.19. The summed E-state index contributed by atoms with van der Waals surface area (Å²) in [6.45, 7) is 5.31. The molecule has 0 amide bonds. The maximum Gasteiger partial charge on any atom is 0.340 e. The number of H-pyrrole nitrogens is 1. The van der Waals surface area contributed by atoms with Crippen molar-refractivity contribution in [2.75, 3.05) is 6.61 Å². The number of nitrogens with one attached hydrogen (secondary N) is 1. The average Bonchev–Trinajstić information content (AvgIpc) is 2.99. The number of carbonyl (C=O) groups is 2. The Bertz CT molecular complexity index is 1150. The number of allylic oxidation sites excluding steroid dienone is 1. The van der Waals surface area contributed by atoms with Crippen LogP contribution in [-0.4, -0.2) is 23.3 Å². The van der Waals surface area contributed by atoms with Crippen LogP contribution < -0.4 is 0 Å². The first-order valence-electron chi connectivity index (χ1n) is 8.97. The van der Waals surface area contributed by atoms with E-state index in [0.717, 1.165) is 16.3 Å². The van der Waals surface area contributed by atoms with Crippen LogP contribution in [0.3, 0.4) is 0 Å². The Kier molecular flexibility index (Phi) is 5.42. The fourth-order valence-corrected chi connectivity index (χ4v) is 3.27. The maximum absolute atomic E-state index is 13.1. The molecule has 5 nitrogen and oxygen atoms in total. The molecule has 1 aromatic heterocycles. The maximum atomic E-state index is 13.1. The molecule has 0 saturated carbocycles. The lowest BCUT2D eigenvalue weighted by Crippen LogP contribution is -2.13. The second kappa shape index (κ2) is 7.93. The molecule has 140 valence electrons. The van der Waals surface area contributed by atoms with Crippen molar-refractivity contribution in [2.45, 2.75) is 20.8 Å². The molecule has 0 aliphatic rings. The second-order valence-corrected chi connectivity index (χ2v) is 6.45. The summed E-state index contributed by atoms with van der Waals surface area (Å²) >= 11 is 0. The van der Waals surface area contributed by atoms with Crippen molar-refractivity contribution in [3.8, 4) is 6.07 Å². The molecular formula is C23H20N2O3. The number of esters is 1. The monoisotopic (exact) mass is 372 g/mol. The number of fused-ring (bicyclic) bond motifs is 1. The number of nitriles is 1. The molecule has 5 heteroatoms. The molecule has 1 heterocycles. The minimum Gasteiger partial charge on any atom is -0.462 e. The van der Waals surface area contributed by atoms with Gasteiger partial charge in [-0.3, -0.25) is 4.79 Å². The molecule has 0 unspecified atom stereocenters. The van der Waals surface area contributed by atoms with Gasteiger partial charge in [0.25, 0.3) is 0 Å². The van der Waals surface area contributed by atoms with Crippen molar-refractivity contribution in [3.05, 3.63) is 76.1 Å². The molecule has 0 atom stereocenters. The first-order chi connectivity index (χ1) is 13.5. The van der Waals surface area contributed by atoms with Crippen molar-refractivity contribution in [2.24, 2.45) is 0 Å². The molecule has 0 aliphatic heterocycles. The Morgan fingerprint density at radius 2 is 1.75 bits per heavy atom. The minimum absolute atomic E-state index is 0.0390. The number of aryl methyl sites for hydroxylation is 2. The van der Waals surface area contributed by atoms with Crippen LogP contribution in [0.2, 0.25) is 0 Å². The Morgan fingerprint density at radius 3 is 2.43 bits per heavy atom. The lowest BCUT2D eigenvalue weighted by molar-refractivity contribution is 0.0523. The topological polar surface area (TPSA) is 83.0 Å². The fourth-order valence-electron chi connectivity index (χ4n) is 3.27. The molecule has 0 bridgehead atoms. The molecule has 0 radical (unpaired) electrons. The van der Waals surface area contributed by atoms with Gasteiger partial charge in [0.05, 0.1) is 17.7 Å². The summed E-state index contributed by atoms with van der Waals surface area (Å²) in [5.41, 5.74) is 2.15. The van der Waals surface area contributed by atoms with E-state index < -0.39 is 11.8 Å². The van der Waals surface area contributed by atoms with Gasteiger partial charge in [-0.1, -0.05) is 36.4 Å². The summed E-state index contributed by atoms with van der Waals surface area (Å²) in [6.07, 6.45) is 1.55. The summed E-state index contributed by atoms with van der Waals surface area (Å²) < 4.78 is 5.08. The van der Waals surface area contributed by atoms with Crippen molar-refractivity contribution >= 4 is 28.6 Å². The van der Waals surface area contributed by atoms with Crippen LogP contribution in [0, 0.1) is 25.2 Å². The van der Waals surface area contributed by atoms with Gasteiger partial charge < -0.3 is 9.72 Å². The van der Waals surface area contributed by atoms with Crippen molar-refractivity contribution in [3.63, 3.8) is 0 Å². The Hall–Kier alpha value is -3.65. The van der Waals surface area contributed by atoms with E-state index in [1.807, 2.05) is 48.5 Å². The predicted molar refractivity (Wildman–Crippen MR) is 108 cm³/mol. The van der Waals surface area contributed by atoms with Gasteiger partial charge in [-0.15, -0.1) is 0 Å². The number of benzene rings is 2. The number of hydrogen-bond donors (Lipinski definition) is 1. The lowest BCUT2D eigenvalue weighted by atomic mass is 9.97. The van der Waals surface area contributed by atoms with Gasteiger partial charge in [0.1, 0.15) is 11.6 Å². The molecule has 1 N–H and O–H groups in total. The van der Waals surface area contributed by atoms with Crippen LogP contribution in [0.15, 0.2) is 48.0 Å². The van der Waals surface area contributed by atoms with Gasteiger partial charge in [-0.2, -0.15) is 5.26 Å². The Labute approximate surface area is 163 Å². The molecule has 28 heavy (non-hydrogen) atoms. The summed E-state index contributed by atoms with van der Waals surface area (Å²) in [5, 5.41) is 11.7. The number of aromatic nitrogens is 1. The van der Waals surface area contributed by atoms with Gasteiger partial charge in [-0.25, -0.2) is 4.79 Å². The van der Waals surface area contributed by atoms with E-state index >= 15 is 0 Å². The number of ketones is 1. The number of Topliss-reactive ketones (excluding diaryl/α,β-unsaturated/α-hetero) is 1. The van der Waals surface area contributed by atoms with E-state index in [1.54, 1.807) is 26.8 Å². The molecular weight excluding hydrogens is 352 g/mol. The predicted octanol–water partition coefficient (Wildman–Crippen LogP) is 4.75. The second-order valence-electron chi connectivity index (χ2n) is 6.45. The zero-order valence-electron chi connectivity index (χ0n) is 16.0. The third kappa shape index (κ3) is 3.58. The van der Waals surface area contributed by atoms with E-state index in [0.29, 0.717) is 11.4 Å². The molecule has 2 aromatic carbocycles. The van der Waals surface area contributed by atoms with Gasteiger partial charge in [0, 0.05) is 11.4 Å². The van der Waals surface area contributed by atoms with Crippen LogP contribution in [-0.2, 0) is 4.74 Å². The van der Waals surface area contributed by atoms with Crippen LogP contribution >= 0.6 is 0 Å². The third-order valence-corrected chi connectivity index (χ3v) is 4.53. The van der Waals surface area contributed by atoms with Crippen LogP contribution in [0.25, 0.3) is 16.8 Å². The van der Waals surface area contributed by atoms with E-state index in [1.165, 1.54) is 0 Å². The largest absolute Gasteiger partial charge is 0.462 e. The van der Waals surface area contributed by atoms with Crippen molar-refractivity contribution in [1.82, 2.24) is 4.98 Å². The number of carbonyl (C=O) groups excluding carboxylic acids is 2. The zero-order valence-corrected chi connectivity index (χ0v) is 16.0. The highest BCUT2D eigenvalue weighted by Crippen LogP contribution is 2.24. The highest BCUT2D eigenvalue weighted by atomic mass is 16.5. The minimum atomic E-state index is -0.573. The molecule has 3 rings (SSSR count). The van der Waals surface area contributed by atoms with Gasteiger partial charge in [-0.05, 0) is 49.2 Å². The van der Waals surface area contributed by atoms with E-state index in [-0.39, 0.29) is 23.3 Å². The van der Waals surface area contributed by atoms with Crippen molar-refractivity contribution in [1.29, 1.82) is 5.26 Å². The Morgan fingerprint density at radius 1 is 1.07 bits per heavy atom. The van der Waals surface area contributed by atoms with Crippen LogP contribution in [0.1, 0.15) is 44.6 Å². The summed E-state index contributed by atoms with van der Waals surface area (Å²) in [5.74, 6) is -1.07. The quantitative estimate of drug-likeness (QED) is 0.303. The SMILES string of the molecule is CCOC(=O)c1c(C)[nH]c(C)c1C(=O)C(C#N)=Cc1ccc2ccccc2c1. The Balaban J connectivity index is 2.06. The van der Waals surface area contributed by atoms with Gasteiger partial charge >= 0.3 is 5.97 Å². The standard InChI is InChI=1S/C23H20N2O3/c1-4-28-23(27)21-15(3)25-14(2)20(21)22(26)19(13-24)12-16-9-10-17-7-5-6-8-18(17)11-16/h5-12,25H,4H2,1-3H3. The first-order valence-corrected chi connectivity index (χ1v) is 8.97. The number of nitrogens with zero attached hydrogens (tertiary/aromatic N) is 1. The number of ether oxygens (including phenoxy) is 1. The first kappa shape index (κ1) is 19.1. The molecule has 0 fully saturated rings. The van der Waals surface area contributed by atoms with E-state index in [9.17, 15) is 14.9 Å². The van der Waals surface area contributed by atoms with Gasteiger partial charge in [0.2, 0.25) is 5.78 Å². The molecule has 3 aromatic rings. The highest BCUT2D eigenvalue weighted by Gasteiger charge is 2.27. The molecule has 0 aliphatic carbocycles. The number of hydrogen-bond acceptors (Lipinski definition) is 4. The smallest absolute Gasteiger partial charge is 0.340 e. The summed E-state index contributed by atoms with van der Waals surface area (Å²) in [4.78, 5) is 28.4. The third-order valence-electron chi connectivity index (χ3n) is 4.53. The fraction of sp³-hybridized carbons (Fsp3) is 0.174. The van der Waals surface area contributed by atoms with Crippen LogP contribution in [0.4, 0.5) is 0 Å². The zero-order chi connectivity index (χ0) is 20.3. The summed E-state index contributed by atoms with van der Waals surface area (Å²) in [6, 6.07) is 15.5. The normalized spacial score (nSPS) is 11.3. The van der Waals surface area contributed by atoms with E-state index in [4.69, 9.17) is 4.74 Å². The van der Waals surface area contributed by atoms with E-state index in [2.05, 4.69) is 4.98 Å².